The molecular weight excluding hydrogens is 574 g/mol. The summed E-state index contributed by atoms with van der Waals surface area (Å²) < 4.78 is 1.01. The summed E-state index contributed by atoms with van der Waals surface area (Å²) in [6, 6.07) is 8.10. The summed E-state index contributed by atoms with van der Waals surface area (Å²) in [5.41, 5.74) is 10.4. The van der Waals surface area contributed by atoms with Crippen molar-refractivity contribution in [2.75, 3.05) is 45.1 Å². The summed E-state index contributed by atoms with van der Waals surface area (Å²) in [7, 11) is 0. The van der Waals surface area contributed by atoms with Crippen LogP contribution in [0.1, 0.15) is 46.9 Å². The van der Waals surface area contributed by atoms with E-state index in [0.29, 0.717) is 25.4 Å². The van der Waals surface area contributed by atoms with E-state index in [1.54, 1.807) is 4.90 Å². The van der Waals surface area contributed by atoms with Gasteiger partial charge in [-0.05, 0) is 82.4 Å². The number of halogens is 2. The Morgan fingerprint density at radius 2 is 1.76 bits per heavy atom. The second-order valence-electron chi connectivity index (χ2n) is 10.2. The van der Waals surface area contributed by atoms with Gasteiger partial charge in [-0.2, -0.15) is 0 Å². The van der Waals surface area contributed by atoms with Crippen LogP contribution in [-0.2, 0) is 17.6 Å². The number of nitrogens with zero attached hydrogens (tertiary/aromatic N) is 4. The number of carbonyl (C=O) groups is 2. The highest BCUT2D eigenvalue weighted by Crippen LogP contribution is 2.42. The lowest BCUT2D eigenvalue weighted by Crippen LogP contribution is -2.49. The molecule has 3 aliphatic rings. The first-order chi connectivity index (χ1) is 17.9. The summed E-state index contributed by atoms with van der Waals surface area (Å²) >= 11 is 11.8. The van der Waals surface area contributed by atoms with Gasteiger partial charge in [0, 0.05) is 67.3 Å². The monoisotopic (exact) mass is 605 g/mol. The Morgan fingerprint density at radius 1 is 1.03 bits per heavy atom. The van der Waals surface area contributed by atoms with Gasteiger partial charge in [0.15, 0.2) is 0 Å². The van der Waals surface area contributed by atoms with Crippen molar-refractivity contribution in [1.82, 2.24) is 19.7 Å². The number of rotatable bonds is 5. The van der Waals surface area contributed by atoms with E-state index in [-0.39, 0.29) is 17.2 Å². The summed E-state index contributed by atoms with van der Waals surface area (Å²) in [6.07, 6.45) is 6.09. The molecule has 7 nitrogen and oxygen atoms in total. The number of fused-ring (bicyclic) bond motifs is 2. The number of aromatic nitrogens is 1. The van der Waals surface area contributed by atoms with E-state index in [1.165, 1.54) is 16.7 Å². The minimum atomic E-state index is -0.359. The molecule has 3 amide bonds. The van der Waals surface area contributed by atoms with Gasteiger partial charge >= 0.3 is 6.03 Å². The zero-order chi connectivity index (χ0) is 25.9. The first-order valence-corrected chi connectivity index (χ1v) is 15.2. The molecule has 1 unspecified atom stereocenters. The summed E-state index contributed by atoms with van der Waals surface area (Å²) in [4.78, 5) is 35.3. The number of likely N-dealkylation sites (tertiary alicyclic amines) is 1. The molecule has 3 heterocycles. The second-order valence-corrected chi connectivity index (χ2v) is 12.6. The zero-order valence-electron chi connectivity index (χ0n) is 20.9. The number of hydrogen-bond donors (Lipinski definition) is 1. The predicted molar refractivity (Wildman–Crippen MR) is 152 cm³/mol. The van der Waals surface area contributed by atoms with E-state index in [4.69, 9.17) is 22.3 Å². The summed E-state index contributed by atoms with van der Waals surface area (Å²) in [6.45, 7) is 4.59. The Balaban J connectivity index is 1.17. The fourth-order valence-corrected chi connectivity index (χ4v) is 7.57. The van der Waals surface area contributed by atoms with Gasteiger partial charge in [-0.25, -0.2) is 4.79 Å². The average molecular weight is 607 g/mol. The lowest BCUT2D eigenvalue weighted by Gasteiger charge is -2.36. The Hall–Kier alpha value is -1.81. The highest BCUT2D eigenvalue weighted by atomic mass is 79.9. The van der Waals surface area contributed by atoms with Crippen molar-refractivity contribution in [1.29, 1.82) is 0 Å². The molecule has 0 bridgehead atoms. The number of pyridine rings is 1. The zero-order valence-corrected chi connectivity index (χ0v) is 24.0. The SMILES string of the molecule is NC(=O)N1CCC(CC(=O)N2CCN(CSC3c4ccc(Cl)cc4CCc4cc(Br)cnc43)CC2)CC1. The minimum Gasteiger partial charge on any atom is -0.351 e. The molecule has 198 valence electrons. The quantitative estimate of drug-likeness (QED) is 0.534. The van der Waals surface area contributed by atoms with Gasteiger partial charge in [0.05, 0.1) is 10.9 Å². The van der Waals surface area contributed by atoms with Crippen molar-refractivity contribution in [3.63, 3.8) is 0 Å². The van der Waals surface area contributed by atoms with E-state index in [9.17, 15) is 9.59 Å². The van der Waals surface area contributed by atoms with Gasteiger partial charge in [-0.1, -0.05) is 17.7 Å². The number of nitrogens with two attached hydrogens (primary N) is 1. The number of primary amides is 1. The van der Waals surface area contributed by atoms with E-state index < -0.39 is 0 Å². The van der Waals surface area contributed by atoms with Gasteiger partial charge < -0.3 is 15.5 Å². The second kappa shape index (κ2) is 11.9. The van der Waals surface area contributed by atoms with Crippen LogP contribution in [-0.4, -0.2) is 76.8 Å². The van der Waals surface area contributed by atoms with Crippen LogP contribution in [0.5, 0.6) is 0 Å². The number of piperazine rings is 1. The van der Waals surface area contributed by atoms with Crippen molar-refractivity contribution in [2.24, 2.45) is 11.7 Å². The molecule has 37 heavy (non-hydrogen) atoms. The number of carbonyl (C=O) groups excluding carboxylic acids is 2. The number of piperidine rings is 1. The average Bonchev–Trinajstić information content (AvgIpc) is 3.04. The molecule has 1 atom stereocenters. The standard InChI is InChI=1S/C27H33BrClN5O2S/c28-21-14-20-2-1-19-15-22(29)3-4-23(19)26(25(20)31-16-21)37-17-32-9-11-33(12-10-32)24(35)13-18-5-7-34(8-6-18)27(30)36/h3-4,14-16,18,26H,1-2,5-13,17H2,(H2,30,36). The van der Waals surface area contributed by atoms with E-state index in [2.05, 4.69) is 39.0 Å². The Bertz CT molecular complexity index is 1100. The van der Waals surface area contributed by atoms with Crippen LogP contribution in [0.2, 0.25) is 5.02 Å². The molecule has 0 spiro atoms. The molecule has 2 aromatic rings. The number of amides is 3. The van der Waals surface area contributed by atoms with Crippen LogP contribution in [0.4, 0.5) is 4.79 Å². The third-order valence-corrected chi connectivity index (χ3v) is 9.80. The maximum absolute atomic E-state index is 12.9. The van der Waals surface area contributed by atoms with E-state index in [1.807, 2.05) is 28.9 Å². The maximum Gasteiger partial charge on any atom is 0.314 e. The van der Waals surface area contributed by atoms with E-state index in [0.717, 1.165) is 72.9 Å². The molecule has 10 heteroatoms. The third-order valence-electron chi connectivity index (χ3n) is 7.81. The van der Waals surface area contributed by atoms with Gasteiger partial charge in [0.25, 0.3) is 0 Å². The van der Waals surface area contributed by atoms with E-state index >= 15 is 0 Å². The number of hydrogen-bond acceptors (Lipinski definition) is 5. The van der Waals surface area contributed by atoms with Crippen LogP contribution in [0.3, 0.4) is 0 Å². The lowest BCUT2D eigenvalue weighted by atomic mass is 9.93. The summed E-state index contributed by atoms with van der Waals surface area (Å²) in [5, 5.41) is 0.936. The normalized spacial score (nSPS) is 20.8. The molecule has 1 aromatic carbocycles. The number of thioether (sulfide) groups is 1. The lowest BCUT2D eigenvalue weighted by molar-refractivity contribution is -0.134. The highest BCUT2D eigenvalue weighted by Gasteiger charge is 2.29. The maximum atomic E-state index is 12.9. The summed E-state index contributed by atoms with van der Waals surface area (Å²) in [5.74, 6) is 1.47. The molecule has 1 aliphatic carbocycles. The Morgan fingerprint density at radius 3 is 2.49 bits per heavy atom. The smallest absolute Gasteiger partial charge is 0.314 e. The van der Waals surface area contributed by atoms with Gasteiger partial charge in [0.2, 0.25) is 5.91 Å². The highest BCUT2D eigenvalue weighted by molar-refractivity contribution is 9.10. The fourth-order valence-electron chi connectivity index (χ4n) is 5.60. The van der Waals surface area contributed by atoms with Crippen molar-refractivity contribution in [3.05, 3.63) is 62.3 Å². The Labute approximate surface area is 236 Å². The molecule has 2 aliphatic heterocycles. The number of urea groups is 1. The Kier molecular flexibility index (Phi) is 8.63. The fraction of sp³-hybridized carbons (Fsp3) is 0.519. The third kappa shape index (κ3) is 6.44. The first-order valence-electron chi connectivity index (χ1n) is 13.0. The van der Waals surface area contributed by atoms with Crippen molar-refractivity contribution < 1.29 is 9.59 Å². The van der Waals surface area contributed by atoms with Crippen molar-refractivity contribution in [3.8, 4) is 0 Å². The molecule has 0 radical (unpaired) electrons. The molecule has 0 saturated carbocycles. The van der Waals surface area contributed by atoms with Crippen LogP contribution >= 0.6 is 39.3 Å². The van der Waals surface area contributed by atoms with Gasteiger partial charge in [0.1, 0.15) is 0 Å². The molecule has 1 aromatic heterocycles. The molecule has 5 rings (SSSR count). The number of aryl methyl sites for hydroxylation is 2. The molecular formula is C27H33BrClN5O2S. The van der Waals surface area contributed by atoms with Crippen LogP contribution in [0.25, 0.3) is 0 Å². The minimum absolute atomic E-state index is 0.156. The predicted octanol–water partition coefficient (Wildman–Crippen LogP) is 4.70. The van der Waals surface area contributed by atoms with Gasteiger partial charge in [-0.15, -0.1) is 11.8 Å². The van der Waals surface area contributed by atoms with Crippen LogP contribution < -0.4 is 5.73 Å². The van der Waals surface area contributed by atoms with Gasteiger partial charge in [-0.3, -0.25) is 14.7 Å². The van der Waals surface area contributed by atoms with Crippen molar-refractivity contribution >= 4 is 51.2 Å². The van der Waals surface area contributed by atoms with Crippen LogP contribution in [0.15, 0.2) is 34.9 Å². The number of benzene rings is 1. The topological polar surface area (TPSA) is 82.8 Å². The molecule has 2 saturated heterocycles. The first kappa shape index (κ1) is 26.8. The van der Waals surface area contributed by atoms with Crippen LogP contribution in [0, 0.1) is 5.92 Å². The molecule has 2 N–H and O–H groups in total. The molecule has 2 fully saturated rings. The largest absolute Gasteiger partial charge is 0.351 e. The van der Waals surface area contributed by atoms with Crippen molar-refractivity contribution in [2.45, 2.75) is 37.4 Å².